The van der Waals surface area contributed by atoms with Gasteiger partial charge in [0.25, 0.3) is 5.91 Å². The van der Waals surface area contributed by atoms with Crippen LogP contribution in [0.15, 0.2) is 69.9 Å². The molecule has 0 bridgehead atoms. The topological polar surface area (TPSA) is 84.3 Å². The summed E-state index contributed by atoms with van der Waals surface area (Å²) in [4.78, 5) is 25.7. The van der Waals surface area contributed by atoms with E-state index in [0.717, 1.165) is 10.8 Å². The second-order valence-corrected chi connectivity index (χ2v) is 5.57. The lowest BCUT2D eigenvalue weighted by atomic mass is 10.1. The van der Waals surface area contributed by atoms with Crippen molar-refractivity contribution in [2.24, 2.45) is 0 Å². The third-order valence-corrected chi connectivity index (χ3v) is 3.79. The molecule has 0 aliphatic rings. The summed E-state index contributed by atoms with van der Waals surface area (Å²) in [5, 5.41) is 4.89. The predicted octanol–water partition coefficient (Wildman–Crippen LogP) is 3.29. The molecule has 0 aliphatic heterocycles. The predicted molar refractivity (Wildman–Crippen MR) is 94.9 cm³/mol. The maximum Gasteiger partial charge on any atom is 0.417 e. The minimum atomic E-state index is -0.530. The average Bonchev–Trinajstić information content (AvgIpc) is 2.99. The molecule has 0 aliphatic carbocycles. The van der Waals surface area contributed by atoms with Crippen molar-refractivity contribution in [3.8, 4) is 5.75 Å². The van der Waals surface area contributed by atoms with Gasteiger partial charge in [0.15, 0.2) is 12.2 Å². The molecule has 0 unspecified atom stereocenters. The van der Waals surface area contributed by atoms with Crippen molar-refractivity contribution >= 4 is 33.5 Å². The van der Waals surface area contributed by atoms with Gasteiger partial charge in [-0.05, 0) is 41.1 Å². The Morgan fingerprint density at radius 2 is 1.88 bits per heavy atom. The first kappa shape index (κ1) is 15.0. The first-order valence-electron chi connectivity index (χ1n) is 7.72. The highest BCUT2D eigenvalue weighted by Crippen LogP contribution is 2.21. The minimum Gasteiger partial charge on any atom is -0.484 e. The number of amides is 1. The number of fused-ring (bicyclic) bond motifs is 2. The van der Waals surface area contributed by atoms with E-state index in [4.69, 9.17) is 9.15 Å². The third-order valence-electron chi connectivity index (χ3n) is 3.79. The molecule has 0 radical (unpaired) electrons. The number of benzene rings is 3. The average molecular weight is 334 g/mol. The molecular formula is C19H14N2O4. The second-order valence-electron chi connectivity index (χ2n) is 5.57. The monoisotopic (exact) mass is 334 g/mol. The zero-order valence-corrected chi connectivity index (χ0v) is 13.1. The Balaban J connectivity index is 1.42. The van der Waals surface area contributed by atoms with Crippen LogP contribution in [0.5, 0.6) is 5.75 Å². The molecule has 25 heavy (non-hydrogen) atoms. The van der Waals surface area contributed by atoms with E-state index >= 15 is 0 Å². The molecule has 1 heterocycles. The SMILES string of the molecule is O=C(COc1ccc2ccccc2c1)Nc1ccc2oc(=O)[nH]c2c1. The number of rotatable bonds is 4. The molecule has 1 aromatic heterocycles. The fourth-order valence-electron chi connectivity index (χ4n) is 2.63. The Kier molecular flexibility index (Phi) is 3.70. The van der Waals surface area contributed by atoms with E-state index in [0.29, 0.717) is 22.5 Å². The lowest BCUT2D eigenvalue weighted by molar-refractivity contribution is -0.118. The molecule has 0 atom stereocenters. The first-order chi connectivity index (χ1) is 12.2. The summed E-state index contributed by atoms with van der Waals surface area (Å²) >= 11 is 0. The van der Waals surface area contributed by atoms with Gasteiger partial charge in [0.05, 0.1) is 5.52 Å². The first-order valence-corrected chi connectivity index (χ1v) is 7.72. The van der Waals surface area contributed by atoms with Crippen LogP contribution in [0.2, 0.25) is 0 Å². The van der Waals surface area contributed by atoms with Gasteiger partial charge >= 0.3 is 5.76 Å². The van der Waals surface area contributed by atoms with E-state index in [1.54, 1.807) is 18.2 Å². The molecule has 0 spiro atoms. The number of oxazole rings is 1. The molecule has 1 amide bonds. The van der Waals surface area contributed by atoms with Gasteiger partial charge in [-0.3, -0.25) is 9.78 Å². The number of nitrogens with one attached hydrogen (secondary N) is 2. The van der Waals surface area contributed by atoms with Crippen molar-refractivity contribution in [1.82, 2.24) is 4.98 Å². The number of ether oxygens (including phenoxy) is 1. The molecule has 6 nitrogen and oxygen atoms in total. The van der Waals surface area contributed by atoms with Gasteiger partial charge in [-0.15, -0.1) is 0 Å². The lowest BCUT2D eigenvalue weighted by Crippen LogP contribution is -2.20. The lowest BCUT2D eigenvalue weighted by Gasteiger charge is -2.08. The number of H-pyrrole nitrogens is 1. The van der Waals surface area contributed by atoms with Gasteiger partial charge in [-0.2, -0.15) is 0 Å². The van der Waals surface area contributed by atoms with Crippen molar-refractivity contribution in [1.29, 1.82) is 0 Å². The fraction of sp³-hybridized carbons (Fsp3) is 0.0526. The Labute approximate surface area is 142 Å². The number of carbonyl (C=O) groups is 1. The van der Waals surface area contributed by atoms with Crippen LogP contribution in [-0.2, 0) is 4.79 Å². The molecule has 6 heteroatoms. The Morgan fingerprint density at radius 3 is 2.76 bits per heavy atom. The highest BCUT2D eigenvalue weighted by Gasteiger charge is 2.07. The summed E-state index contributed by atoms with van der Waals surface area (Å²) in [6.07, 6.45) is 0. The summed E-state index contributed by atoms with van der Waals surface area (Å²) in [6.45, 7) is -0.113. The molecule has 4 rings (SSSR count). The van der Waals surface area contributed by atoms with Crippen molar-refractivity contribution in [2.75, 3.05) is 11.9 Å². The number of aromatic nitrogens is 1. The number of hydrogen-bond donors (Lipinski definition) is 2. The standard InChI is InChI=1S/C19H14N2O4/c22-18(20-14-6-8-17-16(10-14)21-19(23)25-17)11-24-15-7-5-12-3-1-2-4-13(12)9-15/h1-10H,11H2,(H,20,22)(H,21,23). The highest BCUT2D eigenvalue weighted by molar-refractivity contribution is 5.93. The van der Waals surface area contributed by atoms with Gasteiger partial charge in [0, 0.05) is 5.69 Å². The van der Waals surface area contributed by atoms with Crippen molar-refractivity contribution in [3.05, 3.63) is 71.2 Å². The summed E-state index contributed by atoms with van der Waals surface area (Å²) in [7, 11) is 0. The third kappa shape index (κ3) is 3.23. The molecule has 4 aromatic rings. The summed E-state index contributed by atoms with van der Waals surface area (Å²) in [5.41, 5.74) is 1.52. The van der Waals surface area contributed by atoms with E-state index in [-0.39, 0.29) is 12.5 Å². The van der Waals surface area contributed by atoms with Gasteiger partial charge < -0.3 is 14.5 Å². The second kappa shape index (κ2) is 6.16. The summed E-state index contributed by atoms with van der Waals surface area (Å²) in [5.74, 6) is -0.195. The molecule has 0 fully saturated rings. The normalized spacial score (nSPS) is 10.9. The number of anilines is 1. The van der Waals surface area contributed by atoms with Gasteiger partial charge in [-0.1, -0.05) is 30.3 Å². The highest BCUT2D eigenvalue weighted by atomic mass is 16.5. The summed E-state index contributed by atoms with van der Waals surface area (Å²) < 4.78 is 10.5. The van der Waals surface area contributed by atoms with Crippen LogP contribution in [0.25, 0.3) is 21.9 Å². The maximum absolute atomic E-state index is 12.1. The van der Waals surface area contributed by atoms with Crippen molar-refractivity contribution in [2.45, 2.75) is 0 Å². The molecule has 2 N–H and O–H groups in total. The Morgan fingerprint density at radius 1 is 1.04 bits per heavy atom. The van der Waals surface area contributed by atoms with E-state index in [9.17, 15) is 9.59 Å². The molecule has 0 saturated carbocycles. The van der Waals surface area contributed by atoms with Crippen LogP contribution in [0, 0.1) is 0 Å². The molecule has 3 aromatic carbocycles. The number of hydrogen-bond acceptors (Lipinski definition) is 4. The Bertz CT molecular complexity index is 1130. The minimum absolute atomic E-state index is 0.113. The van der Waals surface area contributed by atoms with Crippen LogP contribution < -0.4 is 15.8 Å². The van der Waals surface area contributed by atoms with Crippen LogP contribution in [0.1, 0.15) is 0 Å². The maximum atomic E-state index is 12.1. The quantitative estimate of drug-likeness (QED) is 0.600. The van der Waals surface area contributed by atoms with Crippen molar-refractivity contribution in [3.63, 3.8) is 0 Å². The number of carbonyl (C=O) groups excluding carboxylic acids is 1. The van der Waals surface area contributed by atoms with E-state index in [1.165, 1.54) is 0 Å². The Hall–Kier alpha value is -3.54. The smallest absolute Gasteiger partial charge is 0.417 e. The van der Waals surface area contributed by atoms with E-state index < -0.39 is 5.76 Å². The van der Waals surface area contributed by atoms with Gasteiger partial charge in [-0.25, -0.2) is 4.79 Å². The van der Waals surface area contributed by atoms with E-state index in [1.807, 2.05) is 42.5 Å². The van der Waals surface area contributed by atoms with Crippen molar-refractivity contribution < 1.29 is 13.9 Å². The van der Waals surface area contributed by atoms with Crippen LogP contribution >= 0.6 is 0 Å². The molecular weight excluding hydrogens is 320 g/mol. The fourth-order valence-corrected chi connectivity index (χ4v) is 2.63. The van der Waals surface area contributed by atoms with E-state index in [2.05, 4.69) is 10.3 Å². The van der Waals surface area contributed by atoms with Gasteiger partial charge in [0.2, 0.25) is 0 Å². The summed E-state index contributed by atoms with van der Waals surface area (Å²) in [6, 6.07) is 18.5. The zero-order chi connectivity index (χ0) is 17.2. The zero-order valence-electron chi connectivity index (χ0n) is 13.1. The largest absolute Gasteiger partial charge is 0.484 e. The van der Waals surface area contributed by atoms with Crippen LogP contribution in [0.4, 0.5) is 5.69 Å². The number of aromatic amines is 1. The molecule has 124 valence electrons. The van der Waals surface area contributed by atoms with Crippen LogP contribution in [0.3, 0.4) is 0 Å². The van der Waals surface area contributed by atoms with Crippen LogP contribution in [-0.4, -0.2) is 17.5 Å². The molecule has 0 saturated heterocycles. The van der Waals surface area contributed by atoms with Gasteiger partial charge in [0.1, 0.15) is 5.75 Å².